The molecule has 1 heterocycles. The molecule has 1 amide bonds. The summed E-state index contributed by atoms with van der Waals surface area (Å²) in [5.74, 6) is 5.35. The molecule has 0 aromatic heterocycles. The van der Waals surface area contributed by atoms with Crippen molar-refractivity contribution in [2.75, 3.05) is 19.6 Å². The lowest BCUT2D eigenvalue weighted by molar-refractivity contribution is -0.130. The van der Waals surface area contributed by atoms with E-state index in [9.17, 15) is 4.79 Å². The number of rotatable bonds is 4. The maximum Gasteiger partial charge on any atom is 0.219 e. The zero-order chi connectivity index (χ0) is 15.1. The van der Waals surface area contributed by atoms with E-state index in [2.05, 4.69) is 5.32 Å². The van der Waals surface area contributed by atoms with Gasteiger partial charge in [-0.05, 0) is 81.1 Å². The minimum Gasteiger partial charge on any atom is -0.343 e. The minimum absolute atomic E-state index is 0.254. The fourth-order valence-electron chi connectivity index (χ4n) is 6.31. The second-order valence-corrected chi connectivity index (χ2v) is 8.45. The number of amides is 1. The van der Waals surface area contributed by atoms with Crippen molar-refractivity contribution in [2.24, 2.45) is 29.6 Å². The highest BCUT2D eigenvalue weighted by Gasteiger charge is 2.53. The van der Waals surface area contributed by atoms with Gasteiger partial charge in [0.15, 0.2) is 0 Å². The molecule has 2 bridgehead atoms. The van der Waals surface area contributed by atoms with Crippen molar-refractivity contribution in [3.05, 3.63) is 0 Å². The molecule has 1 saturated heterocycles. The third-order valence-electron chi connectivity index (χ3n) is 7.45. The van der Waals surface area contributed by atoms with E-state index in [1.54, 1.807) is 6.92 Å². The van der Waals surface area contributed by atoms with Crippen molar-refractivity contribution in [1.29, 1.82) is 0 Å². The summed E-state index contributed by atoms with van der Waals surface area (Å²) < 4.78 is 0. The van der Waals surface area contributed by atoms with E-state index in [1.165, 1.54) is 57.9 Å². The Morgan fingerprint density at radius 2 is 1.82 bits per heavy atom. The highest BCUT2D eigenvalue weighted by Crippen LogP contribution is 2.58. The van der Waals surface area contributed by atoms with E-state index in [1.807, 2.05) is 4.90 Å². The molecule has 5 atom stereocenters. The predicted octanol–water partition coefficient (Wildman–Crippen LogP) is 3.05. The van der Waals surface area contributed by atoms with Crippen LogP contribution in [0.5, 0.6) is 0 Å². The van der Waals surface area contributed by atoms with E-state index < -0.39 is 0 Å². The first-order valence-electron chi connectivity index (χ1n) is 9.71. The zero-order valence-corrected chi connectivity index (χ0v) is 14.1. The summed E-state index contributed by atoms with van der Waals surface area (Å²) in [6.45, 7) is 4.87. The molecule has 0 radical (unpaired) electrons. The Bertz CT molecular complexity index is 416. The summed E-state index contributed by atoms with van der Waals surface area (Å²) in [4.78, 5) is 13.4. The Morgan fingerprint density at radius 3 is 2.59 bits per heavy atom. The average Bonchev–Trinajstić information content (AvgIpc) is 3.20. The van der Waals surface area contributed by atoms with Gasteiger partial charge in [0.2, 0.25) is 5.91 Å². The molecular formula is C19H32N2O. The van der Waals surface area contributed by atoms with Crippen molar-refractivity contribution in [1.82, 2.24) is 10.2 Å². The molecule has 22 heavy (non-hydrogen) atoms. The average molecular weight is 304 g/mol. The van der Waals surface area contributed by atoms with E-state index in [4.69, 9.17) is 0 Å². The quantitative estimate of drug-likeness (QED) is 0.866. The Morgan fingerprint density at radius 1 is 1.05 bits per heavy atom. The molecule has 0 aromatic carbocycles. The van der Waals surface area contributed by atoms with Gasteiger partial charge in [0.05, 0.1) is 0 Å². The molecule has 4 fully saturated rings. The largest absolute Gasteiger partial charge is 0.343 e. The fourth-order valence-corrected chi connectivity index (χ4v) is 6.31. The van der Waals surface area contributed by atoms with Crippen LogP contribution >= 0.6 is 0 Å². The smallest absolute Gasteiger partial charge is 0.219 e. The number of nitrogens with zero attached hydrogens (tertiary/aromatic N) is 1. The maximum absolute atomic E-state index is 11.4. The molecule has 0 unspecified atom stereocenters. The molecule has 4 rings (SSSR count). The van der Waals surface area contributed by atoms with Crippen LogP contribution in [0, 0.1) is 29.6 Å². The van der Waals surface area contributed by atoms with Crippen molar-refractivity contribution in [3.63, 3.8) is 0 Å². The summed E-state index contributed by atoms with van der Waals surface area (Å²) >= 11 is 0. The fraction of sp³-hybridized carbons (Fsp3) is 0.947. The van der Waals surface area contributed by atoms with Gasteiger partial charge in [0, 0.05) is 26.1 Å². The first kappa shape index (κ1) is 15.0. The Balaban J connectivity index is 1.18. The molecule has 1 aliphatic heterocycles. The highest BCUT2D eigenvalue weighted by molar-refractivity contribution is 5.73. The van der Waals surface area contributed by atoms with Gasteiger partial charge in [0.25, 0.3) is 0 Å². The molecule has 0 spiro atoms. The number of fused-ring (bicyclic) bond motifs is 5. The maximum atomic E-state index is 11.4. The molecule has 3 aliphatic carbocycles. The first-order valence-corrected chi connectivity index (χ1v) is 9.71. The second-order valence-electron chi connectivity index (χ2n) is 8.45. The molecular weight excluding hydrogens is 272 g/mol. The standard InChI is InChI=1S/C19H32N2O/c1-13(22)21-9-6-14(7-10-21)5-8-20-19-12-15-11-18(19)17-4-2-3-16(15)17/h14-20H,2-12H2,1H3/t15-,16-,17-,18+,19-/m1/s1. The van der Waals surface area contributed by atoms with Gasteiger partial charge in [0.1, 0.15) is 0 Å². The molecule has 4 aliphatic rings. The van der Waals surface area contributed by atoms with Crippen LogP contribution in [-0.4, -0.2) is 36.5 Å². The van der Waals surface area contributed by atoms with Crippen LogP contribution in [-0.2, 0) is 4.79 Å². The van der Waals surface area contributed by atoms with Gasteiger partial charge in [-0.15, -0.1) is 0 Å². The number of likely N-dealkylation sites (tertiary alicyclic amines) is 1. The van der Waals surface area contributed by atoms with Gasteiger partial charge in [-0.25, -0.2) is 0 Å². The van der Waals surface area contributed by atoms with Crippen LogP contribution in [0.1, 0.15) is 58.3 Å². The SMILES string of the molecule is CC(=O)N1CCC(CCN[C@@H]2C[C@H]3C[C@H]2[C@@H]2CCC[C@H]32)CC1. The third-order valence-corrected chi connectivity index (χ3v) is 7.45. The molecule has 1 N–H and O–H groups in total. The summed E-state index contributed by atoms with van der Waals surface area (Å²) in [5, 5.41) is 3.93. The number of hydrogen-bond acceptors (Lipinski definition) is 2. The number of nitrogens with one attached hydrogen (secondary N) is 1. The molecule has 3 nitrogen and oxygen atoms in total. The summed E-state index contributed by atoms with van der Waals surface area (Å²) in [5.41, 5.74) is 0. The summed E-state index contributed by atoms with van der Waals surface area (Å²) in [6, 6.07) is 0.835. The first-order chi connectivity index (χ1) is 10.7. The highest BCUT2D eigenvalue weighted by atomic mass is 16.2. The van der Waals surface area contributed by atoms with E-state index in [0.717, 1.165) is 48.7 Å². The third kappa shape index (κ3) is 2.70. The minimum atomic E-state index is 0.254. The lowest BCUT2D eigenvalue weighted by Gasteiger charge is -2.34. The lowest BCUT2D eigenvalue weighted by atomic mass is 9.79. The van der Waals surface area contributed by atoms with Crippen molar-refractivity contribution in [3.8, 4) is 0 Å². The van der Waals surface area contributed by atoms with Crippen molar-refractivity contribution >= 4 is 5.91 Å². The molecule has 124 valence electrons. The van der Waals surface area contributed by atoms with Crippen LogP contribution in [0.4, 0.5) is 0 Å². The van der Waals surface area contributed by atoms with Crippen molar-refractivity contribution in [2.45, 2.75) is 64.3 Å². The molecule has 3 saturated carbocycles. The second kappa shape index (κ2) is 6.14. The summed E-state index contributed by atoms with van der Waals surface area (Å²) in [7, 11) is 0. The normalized spacial score (nSPS) is 41.1. The number of carbonyl (C=O) groups excluding carboxylic acids is 1. The Kier molecular flexibility index (Phi) is 4.19. The molecule has 3 heteroatoms. The number of hydrogen-bond donors (Lipinski definition) is 1. The predicted molar refractivity (Wildman–Crippen MR) is 88.4 cm³/mol. The van der Waals surface area contributed by atoms with Crippen LogP contribution < -0.4 is 5.32 Å². The van der Waals surface area contributed by atoms with Gasteiger partial charge < -0.3 is 10.2 Å². The zero-order valence-electron chi connectivity index (χ0n) is 14.1. The monoisotopic (exact) mass is 304 g/mol. The summed E-state index contributed by atoms with van der Waals surface area (Å²) in [6.07, 6.45) is 11.3. The van der Waals surface area contributed by atoms with Gasteiger partial charge >= 0.3 is 0 Å². The lowest BCUT2D eigenvalue weighted by Crippen LogP contribution is -2.41. The van der Waals surface area contributed by atoms with Crippen LogP contribution in [0.3, 0.4) is 0 Å². The number of piperidine rings is 1. The Labute approximate surface area is 135 Å². The molecule has 0 aromatic rings. The van der Waals surface area contributed by atoms with Gasteiger partial charge in [-0.2, -0.15) is 0 Å². The topological polar surface area (TPSA) is 32.3 Å². The van der Waals surface area contributed by atoms with Crippen LogP contribution in [0.15, 0.2) is 0 Å². The van der Waals surface area contributed by atoms with E-state index in [0.29, 0.717) is 0 Å². The van der Waals surface area contributed by atoms with Gasteiger partial charge in [-0.3, -0.25) is 4.79 Å². The van der Waals surface area contributed by atoms with Crippen molar-refractivity contribution < 1.29 is 4.79 Å². The number of carbonyl (C=O) groups is 1. The Hall–Kier alpha value is -0.570. The van der Waals surface area contributed by atoms with E-state index in [-0.39, 0.29) is 5.91 Å². The van der Waals surface area contributed by atoms with Gasteiger partial charge in [-0.1, -0.05) is 6.42 Å². The van der Waals surface area contributed by atoms with Crippen LogP contribution in [0.2, 0.25) is 0 Å². The van der Waals surface area contributed by atoms with E-state index >= 15 is 0 Å². The van der Waals surface area contributed by atoms with Crippen LogP contribution in [0.25, 0.3) is 0 Å².